The van der Waals surface area contributed by atoms with Crippen LogP contribution in [0.25, 0.3) is 16.7 Å². The first-order valence-electron chi connectivity index (χ1n) is 7.94. The van der Waals surface area contributed by atoms with Gasteiger partial charge in [-0.2, -0.15) is 31.6 Å². The van der Waals surface area contributed by atoms with Crippen molar-refractivity contribution >= 4 is 17.2 Å². The molecule has 2 aromatic rings. The van der Waals surface area contributed by atoms with Crippen LogP contribution in [-0.2, 0) is 32.6 Å². The van der Waals surface area contributed by atoms with Crippen LogP contribution >= 0.6 is 11.6 Å². The van der Waals surface area contributed by atoms with Gasteiger partial charge in [-0.15, -0.1) is 29.3 Å². The molecule has 0 saturated heterocycles. The van der Waals surface area contributed by atoms with Crippen molar-refractivity contribution in [1.82, 2.24) is 0 Å². The summed E-state index contributed by atoms with van der Waals surface area (Å²) in [5, 5.41) is 0. The Kier molecular flexibility index (Phi) is 9.56. The summed E-state index contributed by atoms with van der Waals surface area (Å²) in [6.07, 6.45) is 13.3. The van der Waals surface area contributed by atoms with Crippen LogP contribution in [0.1, 0.15) is 37.0 Å². The Balaban J connectivity index is 0.000000437. The van der Waals surface area contributed by atoms with Crippen molar-refractivity contribution in [3.63, 3.8) is 0 Å². The van der Waals surface area contributed by atoms with Crippen molar-refractivity contribution in [3.05, 3.63) is 83.8 Å². The summed E-state index contributed by atoms with van der Waals surface area (Å²) in [6, 6.07) is 15.4. The van der Waals surface area contributed by atoms with Gasteiger partial charge in [-0.3, -0.25) is 0 Å². The molecule has 0 amide bonds. The van der Waals surface area contributed by atoms with Crippen molar-refractivity contribution in [1.29, 1.82) is 0 Å². The van der Waals surface area contributed by atoms with Gasteiger partial charge in [-0.1, -0.05) is 48.4 Å². The smallest absolute Gasteiger partial charge is 0.335 e. The first-order valence-corrected chi connectivity index (χ1v) is 8.70. The van der Waals surface area contributed by atoms with Crippen LogP contribution in [0.5, 0.6) is 0 Å². The first-order chi connectivity index (χ1) is 11.3. The number of fused-ring (bicyclic) bond motifs is 3. The molecule has 0 radical (unpaired) electrons. The van der Waals surface area contributed by atoms with Crippen LogP contribution in [0.15, 0.2) is 54.6 Å². The summed E-state index contributed by atoms with van der Waals surface area (Å²) < 4.78 is 0. The molecule has 0 heterocycles. The van der Waals surface area contributed by atoms with E-state index in [0.717, 1.165) is 12.8 Å². The SMILES string of the molecule is CCl.C[CH-]C.[C-]1=C(c2cccc3c2Cc2ccccc2-3)C=CC1.[Zr+2]. The molecule has 0 saturated carbocycles. The van der Waals surface area contributed by atoms with Gasteiger partial charge in [0, 0.05) is 6.38 Å². The van der Waals surface area contributed by atoms with E-state index in [4.69, 9.17) is 0 Å². The molecule has 2 aliphatic rings. The summed E-state index contributed by atoms with van der Waals surface area (Å²) >= 11 is 4.64. The summed E-state index contributed by atoms with van der Waals surface area (Å²) in [5.41, 5.74) is 8.34. The van der Waals surface area contributed by atoms with Crippen LogP contribution in [0.4, 0.5) is 0 Å². The monoisotopic (exact) mass is 412 g/mol. The number of benzene rings is 2. The fourth-order valence-corrected chi connectivity index (χ4v) is 3.00. The molecule has 2 aromatic carbocycles. The molecule has 0 nitrogen and oxygen atoms in total. The van der Waals surface area contributed by atoms with E-state index in [1.807, 2.05) is 20.3 Å². The average Bonchev–Trinajstić information content (AvgIpc) is 3.25. The zero-order valence-corrected chi connectivity index (χ0v) is 17.8. The predicted molar refractivity (Wildman–Crippen MR) is 103 cm³/mol. The topological polar surface area (TPSA) is 0 Å². The molecule has 0 atom stereocenters. The van der Waals surface area contributed by atoms with E-state index in [1.165, 1.54) is 39.8 Å². The van der Waals surface area contributed by atoms with Gasteiger partial charge in [0.1, 0.15) is 0 Å². The molecule has 0 N–H and O–H groups in total. The maximum Gasteiger partial charge on any atom is 2.00 e. The van der Waals surface area contributed by atoms with Gasteiger partial charge in [-0.05, 0) is 23.1 Å². The quantitative estimate of drug-likeness (QED) is 0.316. The molecule has 4 rings (SSSR count). The van der Waals surface area contributed by atoms with Gasteiger partial charge >= 0.3 is 26.2 Å². The molecule has 24 heavy (non-hydrogen) atoms. The van der Waals surface area contributed by atoms with Gasteiger partial charge in [0.15, 0.2) is 0 Å². The minimum atomic E-state index is 0. The predicted octanol–water partition coefficient (Wildman–Crippen LogP) is 6.49. The van der Waals surface area contributed by atoms with E-state index < -0.39 is 0 Å². The third-order valence-corrected chi connectivity index (χ3v) is 3.84. The van der Waals surface area contributed by atoms with Crippen molar-refractivity contribution in [2.75, 3.05) is 6.38 Å². The molecule has 0 unspecified atom stereocenters. The van der Waals surface area contributed by atoms with Gasteiger partial charge < -0.3 is 6.42 Å². The molecular weight excluding hydrogens is 391 g/mol. The summed E-state index contributed by atoms with van der Waals surface area (Å²) in [7, 11) is 0. The molecule has 0 aromatic heterocycles. The third-order valence-electron chi connectivity index (χ3n) is 3.84. The standard InChI is InChI=1S/C18H13.C3H7.CH3Cl.Zr/c1-2-7-13(6-1)15-10-5-11-17-16-9-4-3-8-14(16)12-18(15)17;1-3-2;1-2;/h1,3-6,8-11H,2,12H2;3H,1-2H3;1H3;/q2*-1;;+2. The van der Waals surface area contributed by atoms with E-state index >= 15 is 0 Å². The van der Waals surface area contributed by atoms with Crippen LogP contribution in [0, 0.1) is 12.5 Å². The Morgan fingerprint density at radius 3 is 2.21 bits per heavy atom. The number of rotatable bonds is 1. The Morgan fingerprint density at radius 2 is 1.54 bits per heavy atom. The Morgan fingerprint density at radius 1 is 0.917 bits per heavy atom. The van der Waals surface area contributed by atoms with Crippen LogP contribution in [-0.4, -0.2) is 6.38 Å². The second-order valence-electron chi connectivity index (χ2n) is 5.44. The first kappa shape index (κ1) is 21.1. The Bertz CT molecular complexity index is 714. The van der Waals surface area contributed by atoms with Crippen LogP contribution < -0.4 is 0 Å². The number of hydrogen-bond acceptors (Lipinski definition) is 0. The van der Waals surface area contributed by atoms with Gasteiger partial charge in [0.05, 0.1) is 0 Å². The van der Waals surface area contributed by atoms with Crippen LogP contribution in [0.2, 0.25) is 0 Å². The van der Waals surface area contributed by atoms with E-state index in [2.05, 4.69) is 72.3 Å². The largest absolute Gasteiger partial charge is 2.00 e. The minimum Gasteiger partial charge on any atom is -0.335 e. The van der Waals surface area contributed by atoms with Crippen molar-refractivity contribution in [3.8, 4) is 11.1 Å². The molecule has 0 aliphatic heterocycles. The molecule has 0 spiro atoms. The second kappa shape index (κ2) is 10.9. The van der Waals surface area contributed by atoms with E-state index in [1.54, 1.807) is 0 Å². The van der Waals surface area contributed by atoms with E-state index in [-0.39, 0.29) is 26.2 Å². The second-order valence-corrected chi connectivity index (χ2v) is 5.44. The van der Waals surface area contributed by atoms with Gasteiger partial charge in [0.2, 0.25) is 0 Å². The molecule has 0 bridgehead atoms. The fraction of sp³-hybridized carbons (Fsp3) is 0.227. The maximum atomic E-state index is 4.64. The minimum absolute atomic E-state index is 0. The van der Waals surface area contributed by atoms with Crippen molar-refractivity contribution in [2.45, 2.75) is 26.7 Å². The summed E-state index contributed by atoms with van der Waals surface area (Å²) in [5.74, 6) is 0. The van der Waals surface area contributed by atoms with Crippen molar-refractivity contribution in [2.24, 2.45) is 0 Å². The van der Waals surface area contributed by atoms with Gasteiger partial charge in [-0.25, -0.2) is 0 Å². The van der Waals surface area contributed by atoms with Crippen molar-refractivity contribution < 1.29 is 26.2 Å². The summed E-state index contributed by atoms with van der Waals surface area (Å²) in [6.45, 7) is 4.00. The molecule has 2 aliphatic carbocycles. The summed E-state index contributed by atoms with van der Waals surface area (Å²) in [4.78, 5) is 0. The zero-order valence-electron chi connectivity index (χ0n) is 14.6. The normalized spacial score (nSPS) is 12.6. The fourth-order valence-electron chi connectivity index (χ4n) is 3.00. The number of halogens is 1. The van der Waals surface area contributed by atoms with Crippen LogP contribution in [0.3, 0.4) is 0 Å². The molecular formula is C22H23ClZr. The average molecular weight is 414 g/mol. The maximum absolute atomic E-state index is 4.64. The Hall–Kier alpha value is -0.907. The third kappa shape index (κ3) is 4.59. The van der Waals surface area contributed by atoms with Gasteiger partial charge in [0.25, 0.3) is 0 Å². The number of alkyl halides is 1. The zero-order chi connectivity index (χ0) is 16.7. The number of hydrogen-bond donors (Lipinski definition) is 0. The van der Waals surface area contributed by atoms with E-state index in [0.29, 0.717) is 0 Å². The molecule has 122 valence electrons. The number of allylic oxidation sites excluding steroid dienone is 4. The molecule has 2 heteroatoms. The van der Waals surface area contributed by atoms with E-state index in [9.17, 15) is 0 Å². The Labute approximate surface area is 170 Å². The molecule has 0 fully saturated rings.